The van der Waals surface area contributed by atoms with Gasteiger partial charge in [0.2, 0.25) is 17.2 Å². The van der Waals surface area contributed by atoms with E-state index in [1.807, 2.05) is 20.8 Å². The number of aromatic nitrogens is 3. The van der Waals surface area contributed by atoms with Crippen LogP contribution in [-0.4, -0.2) is 27.0 Å². The lowest BCUT2D eigenvalue weighted by Gasteiger charge is -2.23. The minimum absolute atomic E-state index is 0.133. The summed E-state index contributed by atoms with van der Waals surface area (Å²) in [6.07, 6.45) is 6.22. The Kier molecular flexibility index (Phi) is 4.53. The van der Waals surface area contributed by atoms with Gasteiger partial charge in [-0.1, -0.05) is 12.8 Å². The molecule has 0 fully saturated rings. The van der Waals surface area contributed by atoms with Crippen LogP contribution in [0.15, 0.2) is 0 Å². The predicted octanol–water partition coefficient (Wildman–Crippen LogP) is 2.17. The Hall–Kier alpha value is -1.54. The fourth-order valence-electron chi connectivity index (χ4n) is 1.12. The van der Waals surface area contributed by atoms with Crippen molar-refractivity contribution in [3.63, 3.8) is 0 Å². The fraction of sp³-hybridized carbons (Fsp3) is 0.545. The maximum absolute atomic E-state index is 5.81. The SMILES string of the molecule is C#CC(C)(CC)Nc1nc(Cl)nc(NCC)n1. The molecule has 17 heavy (non-hydrogen) atoms. The summed E-state index contributed by atoms with van der Waals surface area (Å²) in [5.74, 6) is 3.49. The first-order chi connectivity index (χ1) is 8.03. The minimum atomic E-state index is -0.492. The normalized spacial score (nSPS) is 13.6. The maximum Gasteiger partial charge on any atom is 0.229 e. The molecular weight excluding hydrogens is 238 g/mol. The maximum atomic E-state index is 5.81. The summed E-state index contributed by atoms with van der Waals surface area (Å²) in [6, 6.07) is 0. The molecule has 0 aromatic carbocycles. The molecule has 92 valence electrons. The lowest BCUT2D eigenvalue weighted by Crippen LogP contribution is -2.33. The van der Waals surface area contributed by atoms with Gasteiger partial charge in [0.15, 0.2) is 0 Å². The molecule has 0 saturated heterocycles. The zero-order valence-corrected chi connectivity index (χ0v) is 11.0. The Bertz CT molecular complexity index is 428. The Labute approximate surface area is 106 Å². The quantitative estimate of drug-likeness (QED) is 0.788. The first-order valence-electron chi connectivity index (χ1n) is 5.44. The summed E-state index contributed by atoms with van der Waals surface area (Å²) in [6.45, 7) is 6.54. The largest absolute Gasteiger partial charge is 0.354 e. The van der Waals surface area contributed by atoms with Gasteiger partial charge in [0, 0.05) is 6.54 Å². The predicted molar refractivity (Wildman–Crippen MR) is 70.2 cm³/mol. The lowest BCUT2D eigenvalue weighted by atomic mass is 10.0. The van der Waals surface area contributed by atoms with E-state index in [9.17, 15) is 0 Å². The van der Waals surface area contributed by atoms with Crippen molar-refractivity contribution in [2.75, 3.05) is 17.2 Å². The van der Waals surface area contributed by atoms with Crippen LogP contribution in [-0.2, 0) is 0 Å². The highest BCUT2D eigenvalue weighted by Crippen LogP contribution is 2.16. The highest BCUT2D eigenvalue weighted by atomic mass is 35.5. The summed E-state index contributed by atoms with van der Waals surface area (Å²) in [5, 5.41) is 6.18. The van der Waals surface area contributed by atoms with Crippen molar-refractivity contribution in [1.82, 2.24) is 15.0 Å². The van der Waals surface area contributed by atoms with E-state index >= 15 is 0 Å². The van der Waals surface area contributed by atoms with Crippen molar-refractivity contribution < 1.29 is 0 Å². The van der Waals surface area contributed by atoms with E-state index in [1.54, 1.807) is 0 Å². The van der Waals surface area contributed by atoms with Gasteiger partial charge in [-0.05, 0) is 31.9 Å². The van der Waals surface area contributed by atoms with Gasteiger partial charge in [0.25, 0.3) is 0 Å². The molecule has 6 heteroatoms. The van der Waals surface area contributed by atoms with E-state index in [-0.39, 0.29) is 5.28 Å². The van der Waals surface area contributed by atoms with Gasteiger partial charge >= 0.3 is 0 Å². The van der Waals surface area contributed by atoms with Crippen molar-refractivity contribution in [3.8, 4) is 12.3 Å². The molecule has 0 radical (unpaired) electrons. The van der Waals surface area contributed by atoms with Gasteiger partial charge in [-0.15, -0.1) is 6.42 Å². The van der Waals surface area contributed by atoms with Crippen LogP contribution in [0.2, 0.25) is 5.28 Å². The number of anilines is 2. The number of nitrogens with one attached hydrogen (secondary N) is 2. The average Bonchev–Trinajstić information content (AvgIpc) is 2.28. The Morgan fingerprint density at radius 3 is 2.47 bits per heavy atom. The lowest BCUT2D eigenvalue weighted by molar-refractivity contribution is 0.627. The zero-order valence-electron chi connectivity index (χ0n) is 10.2. The summed E-state index contributed by atoms with van der Waals surface area (Å²) in [7, 11) is 0. The Balaban J connectivity index is 2.95. The van der Waals surface area contributed by atoms with Gasteiger partial charge in [0.1, 0.15) is 0 Å². The van der Waals surface area contributed by atoms with Crippen LogP contribution < -0.4 is 10.6 Å². The van der Waals surface area contributed by atoms with E-state index in [0.717, 1.165) is 6.42 Å². The fourth-order valence-corrected chi connectivity index (χ4v) is 1.28. The van der Waals surface area contributed by atoms with Crippen molar-refractivity contribution in [2.45, 2.75) is 32.7 Å². The molecule has 0 aliphatic carbocycles. The van der Waals surface area contributed by atoms with E-state index in [2.05, 4.69) is 31.5 Å². The molecule has 0 aliphatic heterocycles. The molecule has 1 unspecified atom stereocenters. The molecular formula is C11H16ClN5. The van der Waals surface area contributed by atoms with Gasteiger partial charge in [0.05, 0.1) is 5.54 Å². The second kappa shape index (κ2) is 5.69. The van der Waals surface area contributed by atoms with Crippen LogP contribution in [0.25, 0.3) is 0 Å². The average molecular weight is 254 g/mol. The highest BCUT2D eigenvalue weighted by molar-refractivity contribution is 6.28. The van der Waals surface area contributed by atoms with Crippen LogP contribution in [0.3, 0.4) is 0 Å². The number of nitrogens with zero attached hydrogens (tertiary/aromatic N) is 3. The first kappa shape index (κ1) is 13.5. The molecule has 0 amide bonds. The molecule has 2 N–H and O–H groups in total. The summed E-state index contributed by atoms with van der Waals surface area (Å²) >= 11 is 5.81. The molecule has 1 heterocycles. The number of hydrogen-bond acceptors (Lipinski definition) is 5. The minimum Gasteiger partial charge on any atom is -0.354 e. The third kappa shape index (κ3) is 3.75. The summed E-state index contributed by atoms with van der Waals surface area (Å²) in [4.78, 5) is 12.1. The molecule has 0 aliphatic rings. The topological polar surface area (TPSA) is 62.7 Å². The monoisotopic (exact) mass is 253 g/mol. The second-order valence-corrected chi connectivity index (χ2v) is 4.08. The molecule has 0 spiro atoms. The Morgan fingerprint density at radius 2 is 1.94 bits per heavy atom. The van der Waals surface area contributed by atoms with E-state index in [4.69, 9.17) is 18.0 Å². The molecule has 1 aromatic heterocycles. The van der Waals surface area contributed by atoms with Gasteiger partial charge in [-0.2, -0.15) is 15.0 Å². The van der Waals surface area contributed by atoms with Crippen molar-refractivity contribution >= 4 is 23.5 Å². The van der Waals surface area contributed by atoms with Gasteiger partial charge in [-0.25, -0.2) is 0 Å². The number of terminal acetylenes is 1. The van der Waals surface area contributed by atoms with Crippen LogP contribution in [0, 0.1) is 12.3 Å². The summed E-state index contributed by atoms with van der Waals surface area (Å²) in [5.41, 5.74) is -0.492. The van der Waals surface area contributed by atoms with Crippen LogP contribution >= 0.6 is 11.6 Å². The van der Waals surface area contributed by atoms with E-state index in [1.165, 1.54) is 0 Å². The van der Waals surface area contributed by atoms with Crippen LogP contribution in [0.1, 0.15) is 27.2 Å². The second-order valence-electron chi connectivity index (χ2n) is 3.74. The molecule has 5 nitrogen and oxygen atoms in total. The van der Waals surface area contributed by atoms with E-state index in [0.29, 0.717) is 18.4 Å². The zero-order chi connectivity index (χ0) is 12.9. The highest BCUT2D eigenvalue weighted by Gasteiger charge is 2.20. The van der Waals surface area contributed by atoms with Crippen molar-refractivity contribution in [3.05, 3.63) is 5.28 Å². The van der Waals surface area contributed by atoms with Crippen molar-refractivity contribution in [2.24, 2.45) is 0 Å². The van der Waals surface area contributed by atoms with Gasteiger partial charge in [-0.3, -0.25) is 0 Å². The number of rotatable bonds is 5. The number of halogens is 1. The number of hydrogen-bond donors (Lipinski definition) is 2. The molecule has 1 aromatic rings. The van der Waals surface area contributed by atoms with Crippen LogP contribution in [0.4, 0.5) is 11.9 Å². The molecule has 0 saturated carbocycles. The third-order valence-corrected chi connectivity index (χ3v) is 2.53. The molecule has 1 rings (SSSR count). The molecule has 1 atom stereocenters. The van der Waals surface area contributed by atoms with Crippen LogP contribution in [0.5, 0.6) is 0 Å². The Morgan fingerprint density at radius 1 is 1.29 bits per heavy atom. The van der Waals surface area contributed by atoms with E-state index < -0.39 is 5.54 Å². The summed E-state index contributed by atoms with van der Waals surface area (Å²) < 4.78 is 0. The standard InChI is InChI=1S/C11H16ClN5/c1-5-11(4,6-2)17-10-15-8(12)14-9(16-10)13-7-3/h1H,6-7H2,2-4H3,(H2,13,14,15,16,17). The molecule has 0 bridgehead atoms. The van der Waals surface area contributed by atoms with Gasteiger partial charge < -0.3 is 10.6 Å². The third-order valence-electron chi connectivity index (χ3n) is 2.36. The van der Waals surface area contributed by atoms with Crippen molar-refractivity contribution in [1.29, 1.82) is 0 Å². The smallest absolute Gasteiger partial charge is 0.229 e. The first-order valence-corrected chi connectivity index (χ1v) is 5.82.